The average Bonchev–Trinajstić information content (AvgIpc) is 3.32. The largest absolute Gasteiger partial charge is 0.508 e. The van der Waals surface area contributed by atoms with Crippen LogP contribution in [0.15, 0.2) is 72.8 Å². The zero-order chi connectivity index (χ0) is 45.0. The van der Waals surface area contributed by atoms with E-state index in [1.165, 1.54) is 0 Å². The van der Waals surface area contributed by atoms with Crippen LogP contribution in [-0.4, -0.2) is 145 Å². The highest BCUT2D eigenvalue weighted by atomic mass is 16.5. The number of phenolic OH excluding ortho intramolecular Hbond substituents is 4. The normalized spacial score (nSPS) is 19.1. The molecule has 64 heavy (non-hydrogen) atoms. The fourth-order valence-electron chi connectivity index (χ4n) is 8.59. The topological polar surface area (TPSA) is 131 Å². The van der Waals surface area contributed by atoms with Gasteiger partial charge in [0.15, 0.2) is 0 Å². The number of benzene rings is 4. The Balaban J connectivity index is 0.000000191. The van der Waals surface area contributed by atoms with Gasteiger partial charge in [-0.1, -0.05) is 48.5 Å². The van der Waals surface area contributed by atoms with E-state index in [2.05, 4.69) is 71.6 Å². The Labute approximate surface area is 379 Å². The Morgan fingerprint density at radius 3 is 0.703 bits per heavy atom. The fourth-order valence-corrected chi connectivity index (χ4v) is 8.59. The third-order valence-corrected chi connectivity index (χ3v) is 13.2. The van der Waals surface area contributed by atoms with E-state index >= 15 is 0 Å². The van der Waals surface area contributed by atoms with Gasteiger partial charge in [-0.3, -0.25) is 19.6 Å². The van der Waals surface area contributed by atoms with E-state index in [-0.39, 0.29) is 0 Å². The molecule has 12 heteroatoms. The molecule has 4 N–H and O–H groups in total. The van der Waals surface area contributed by atoms with Crippen LogP contribution in [0.2, 0.25) is 0 Å². The highest BCUT2D eigenvalue weighted by Crippen LogP contribution is 2.34. The van der Waals surface area contributed by atoms with Gasteiger partial charge in [-0.05, 0) is 96.5 Å². The molecule has 12 nitrogen and oxygen atoms in total. The van der Waals surface area contributed by atoms with Gasteiger partial charge >= 0.3 is 0 Å². The number of allylic oxidation sites excluding steroid dienone is 4. The summed E-state index contributed by atoms with van der Waals surface area (Å²) in [6, 6.07) is 23.7. The van der Waals surface area contributed by atoms with E-state index in [0.717, 1.165) is 198 Å². The predicted molar refractivity (Wildman–Crippen MR) is 253 cm³/mol. The van der Waals surface area contributed by atoms with E-state index in [4.69, 9.17) is 18.9 Å². The van der Waals surface area contributed by atoms with E-state index in [0.29, 0.717) is 23.0 Å². The highest BCUT2D eigenvalue weighted by molar-refractivity contribution is 5.90. The van der Waals surface area contributed by atoms with Gasteiger partial charge in [-0.25, -0.2) is 0 Å². The average molecular weight is 877 g/mol. The second-order valence-corrected chi connectivity index (χ2v) is 17.4. The van der Waals surface area contributed by atoms with Crippen LogP contribution in [0, 0.1) is 0 Å². The Bertz CT molecular complexity index is 1920. The summed E-state index contributed by atoms with van der Waals surface area (Å²) in [6.07, 6.45) is 0. The minimum absolute atomic E-state index is 0.324. The zero-order valence-corrected chi connectivity index (χ0v) is 38.3. The highest BCUT2D eigenvalue weighted by Gasteiger charge is 2.18. The number of rotatable bonds is 12. The molecule has 0 unspecified atom stereocenters. The third kappa shape index (κ3) is 12.7. The maximum Gasteiger partial charge on any atom is 0.120 e. The summed E-state index contributed by atoms with van der Waals surface area (Å²) in [5, 5.41) is 42.5. The van der Waals surface area contributed by atoms with Crippen molar-refractivity contribution >= 4 is 22.3 Å². The molecule has 0 saturated carbocycles. The SMILES string of the molecule is C/C(=C(/C)c1ccc(CN2CCOCC2)c(O)c1)c1ccc(CN2CCOCC2)c(O)c1.C/C(=C(\C)c1ccc(CN2CCOCC2)c(O)c1)c1ccc(CN2CCOCC2)c(O)c1. The molecule has 344 valence electrons. The van der Waals surface area contributed by atoms with Gasteiger partial charge in [0.25, 0.3) is 0 Å². The lowest BCUT2D eigenvalue weighted by Gasteiger charge is -2.27. The Morgan fingerprint density at radius 2 is 0.531 bits per heavy atom. The summed E-state index contributed by atoms with van der Waals surface area (Å²) < 4.78 is 21.6. The lowest BCUT2D eigenvalue weighted by molar-refractivity contribution is 0.0338. The molecule has 0 radical (unpaired) electrons. The summed E-state index contributed by atoms with van der Waals surface area (Å²) in [7, 11) is 0. The van der Waals surface area contributed by atoms with Crippen molar-refractivity contribution in [2.45, 2.75) is 53.9 Å². The maximum absolute atomic E-state index is 10.6. The molecule has 8 rings (SSSR count). The van der Waals surface area contributed by atoms with Gasteiger partial charge in [-0.15, -0.1) is 0 Å². The molecule has 4 heterocycles. The summed E-state index contributed by atoms with van der Waals surface area (Å²) in [5.74, 6) is 1.30. The number of ether oxygens (including phenoxy) is 4. The van der Waals surface area contributed by atoms with E-state index < -0.39 is 0 Å². The number of morpholine rings is 4. The summed E-state index contributed by atoms with van der Waals surface area (Å²) in [6.45, 7) is 24.3. The van der Waals surface area contributed by atoms with Crippen LogP contribution in [0.4, 0.5) is 0 Å². The Kier molecular flexibility index (Phi) is 16.9. The monoisotopic (exact) mass is 877 g/mol. The van der Waals surface area contributed by atoms with Crippen molar-refractivity contribution in [3.63, 3.8) is 0 Å². The van der Waals surface area contributed by atoms with Crippen molar-refractivity contribution in [2.75, 3.05) is 105 Å². The molecule has 4 aromatic carbocycles. The predicted octanol–water partition coefficient (Wildman–Crippen LogP) is 7.43. The molecular weight excluding hydrogens is 809 g/mol. The van der Waals surface area contributed by atoms with Crippen LogP contribution < -0.4 is 0 Å². The van der Waals surface area contributed by atoms with Crippen molar-refractivity contribution in [2.24, 2.45) is 0 Å². The summed E-state index contributed by atoms with van der Waals surface area (Å²) >= 11 is 0. The number of hydrogen-bond acceptors (Lipinski definition) is 12. The molecule has 0 spiro atoms. The second-order valence-electron chi connectivity index (χ2n) is 17.4. The summed E-state index contributed by atoms with van der Waals surface area (Å²) in [4.78, 5) is 9.20. The second kappa shape index (κ2) is 22.9. The quantitative estimate of drug-likeness (QED) is 0.106. The molecule has 4 aliphatic rings. The minimum Gasteiger partial charge on any atom is -0.508 e. The van der Waals surface area contributed by atoms with Gasteiger partial charge in [0.2, 0.25) is 0 Å². The standard InChI is InChI=1S/2C26H34N2O4/c2*1-19(21-3-5-23(25(29)15-21)17-27-7-11-31-12-8-27)20(2)22-4-6-24(26(30)16-22)18-28-9-13-32-14-10-28/h2*3-6,15-16,29-30H,7-14,17-18H2,1-2H3/b20-19+;20-19-. The molecule has 4 aromatic rings. The van der Waals surface area contributed by atoms with E-state index in [9.17, 15) is 20.4 Å². The fraction of sp³-hybridized carbons (Fsp3) is 0.462. The van der Waals surface area contributed by atoms with Crippen LogP contribution in [-0.2, 0) is 45.1 Å². The van der Waals surface area contributed by atoms with Crippen molar-refractivity contribution in [1.29, 1.82) is 0 Å². The molecule has 4 saturated heterocycles. The maximum atomic E-state index is 10.6. The summed E-state index contributed by atoms with van der Waals surface area (Å²) in [5.41, 5.74) is 12.0. The molecule has 4 aliphatic heterocycles. The number of aromatic hydroxyl groups is 4. The number of nitrogens with zero attached hydrogens (tertiary/aromatic N) is 4. The molecule has 0 bridgehead atoms. The first kappa shape index (κ1) is 47.2. The van der Waals surface area contributed by atoms with Crippen LogP contribution in [0.25, 0.3) is 22.3 Å². The number of hydrogen-bond donors (Lipinski definition) is 4. The van der Waals surface area contributed by atoms with Crippen LogP contribution >= 0.6 is 0 Å². The molecule has 0 aliphatic carbocycles. The van der Waals surface area contributed by atoms with Crippen molar-refractivity contribution in [1.82, 2.24) is 19.6 Å². The van der Waals surface area contributed by atoms with Gasteiger partial charge < -0.3 is 39.4 Å². The van der Waals surface area contributed by atoms with Crippen molar-refractivity contribution in [3.05, 3.63) is 117 Å². The Hall–Kier alpha value is -4.76. The van der Waals surface area contributed by atoms with Crippen LogP contribution in [0.5, 0.6) is 23.0 Å². The first-order valence-corrected chi connectivity index (χ1v) is 22.9. The van der Waals surface area contributed by atoms with Crippen LogP contribution in [0.1, 0.15) is 72.2 Å². The van der Waals surface area contributed by atoms with Gasteiger partial charge in [-0.2, -0.15) is 0 Å². The lowest BCUT2D eigenvalue weighted by Crippen LogP contribution is -2.35. The van der Waals surface area contributed by atoms with Crippen LogP contribution in [0.3, 0.4) is 0 Å². The zero-order valence-electron chi connectivity index (χ0n) is 38.3. The van der Waals surface area contributed by atoms with Crippen molar-refractivity contribution < 1.29 is 39.4 Å². The minimum atomic E-state index is 0.324. The molecule has 0 atom stereocenters. The molecule has 0 aromatic heterocycles. The van der Waals surface area contributed by atoms with E-state index in [1.54, 1.807) is 0 Å². The molecule has 0 amide bonds. The number of phenols is 4. The van der Waals surface area contributed by atoms with Gasteiger partial charge in [0.1, 0.15) is 23.0 Å². The Morgan fingerprint density at radius 1 is 0.344 bits per heavy atom. The molecule has 4 fully saturated rings. The lowest BCUT2D eigenvalue weighted by atomic mass is 9.95. The van der Waals surface area contributed by atoms with E-state index in [1.807, 2.05) is 48.5 Å². The van der Waals surface area contributed by atoms with Gasteiger partial charge in [0, 0.05) is 101 Å². The first-order chi connectivity index (χ1) is 31.0. The third-order valence-electron chi connectivity index (χ3n) is 13.2. The molecular formula is C52H68N4O8. The van der Waals surface area contributed by atoms with Crippen molar-refractivity contribution in [3.8, 4) is 23.0 Å². The smallest absolute Gasteiger partial charge is 0.120 e. The van der Waals surface area contributed by atoms with Gasteiger partial charge in [0.05, 0.1) is 52.9 Å². The first-order valence-electron chi connectivity index (χ1n) is 22.9.